The van der Waals surface area contributed by atoms with Crippen molar-refractivity contribution in [3.8, 4) is 0 Å². The first-order valence-corrected chi connectivity index (χ1v) is 7.47. The predicted octanol–water partition coefficient (Wildman–Crippen LogP) is 0.636. The van der Waals surface area contributed by atoms with Crippen LogP contribution in [0, 0.1) is 0 Å². The summed E-state index contributed by atoms with van der Waals surface area (Å²) in [7, 11) is 0. The lowest BCUT2D eigenvalue weighted by atomic mass is 10.2. The number of hydrogen-bond donors (Lipinski definition) is 1. The highest BCUT2D eigenvalue weighted by Gasteiger charge is 2.31. The molecular formula is C13H18N2O3S. The van der Waals surface area contributed by atoms with Gasteiger partial charge in [0, 0.05) is 18.0 Å². The van der Waals surface area contributed by atoms with Crippen molar-refractivity contribution in [3.05, 3.63) is 22.4 Å². The summed E-state index contributed by atoms with van der Waals surface area (Å²) in [4.78, 5) is 15.5. The highest BCUT2D eigenvalue weighted by Crippen LogP contribution is 2.26. The summed E-state index contributed by atoms with van der Waals surface area (Å²) in [6.07, 6.45) is 0.0159. The van der Waals surface area contributed by atoms with Crippen LogP contribution in [0.15, 0.2) is 17.5 Å². The molecule has 2 atom stereocenters. The van der Waals surface area contributed by atoms with Gasteiger partial charge in [0.25, 0.3) is 0 Å². The van der Waals surface area contributed by atoms with Crippen LogP contribution in [0.5, 0.6) is 0 Å². The molecule has 1 N–H and O–H groups in total. The number of carbonyl (C=O) groups is 1. The third kappa shape index (κ3) is 2.97. The molecule has 1 amide bonds. The Bertz CT molecular complexity index is 418. The summed E-state index contributed by atoms with van der Waals surface area (Å²) in [6.45, 7) is 3.80. The molecule has 0 spiro atoms. The number of hydrogen-bond acceptors (Lipinski definition) is 5. The summed E-state index contributed by atoms with van der Waals surface area (Å²) in [5.41, 5.74) is 0. The monoisotopic (exact) mass is 282 g/mol. The Hall–Kier alpha value is -0.950. The SMILES string of the molecule is O=C(C1COCCN1)N1CCOC(c2cccs2)C1. The average Bonchev–Trinajstić information content (AvgIpc) is 3.02. The molecule has 3 heterocycles. The van der Waals surface area contributed by atoms with Crippen molar-refractivity contribution >= 4 is 17.2 Å². The topological polar surface area (TPSA) is 50.8 Å². The number of rotatable bonds is 2. The maximum Gasteiger partial charge on any atom is 0.242 e. The molecule has 2 unspecified atom stereocenters. The van der Waals surface area contributed by atoms with Crippen molar-refractivity contribution < 1.29 is 14.3 Å². The van der Waals surface area contributed by atoms with E-state index in [0.717, 1.165) is 6.54 Å². The Labute approximate surface area is 116 Å². The third-order valence-corrected chi connectivity index (χ3v) is 4.42. The van der Waals surface area contributed by atoms with Crippen molar-refractivity contribution in [3.63, 3.8) is 0 Å². The van der Waals surface area contributed by atoms with E-state index in [-0.39, 0.29) is 18.1 Å². The van der Waals surface area contributed by atoms with E-state index in [1.54, 1.807) is 11.3 Å². The summed E-state index contributed by atoms with van der Waals surface area (Å²) in [6, 6.07) is 3.88. The first-order valence-electron chi connectivity index (χ1n) is 6.59. The van der Waals surface area contributed by atoms with Gasteiger partial charge in [-0.3, -0.25) is 4.79 Å². The molecule has 2 aliphatic heterocycles. The molecule has 2 fully saturated rings. The molecule has 2 aliphatic rings. The van der Waals surface area contributed by atoms with E-state index in [4.69, 9.17) is 9.47 Å². The maximum atomic E-state index is 12.4. The molecule has 6 heteroatoms. The van der Waals surface area contributed by atoms with E-state index < -0.39 is 0 Å². The Balaban J connectivity index is 1.62. The Kier molecular flexibility index (Phi) is 4.12. The van der Waals surface area contributed by atoms with E-state index in [9.17, 15) is 4.79 Å². The van der Waals surface area contributed by atoms with Gasteiger partial charge in [0.1, 0.15) is 12.1 Å². The van der Waals surface area contributed by atoms with Gasteiger partial charge in [0.15, 0.2) is 0 Å². The summed E-state index contributed by atoms with van der Waals surface area (Å²) >= 11 is 1.68. The highest BCUT2D eigenvalue weighted by atomic mass is 32.1. The van der Waals surface area contributed by atoms with Crippen LogP contribution in [0.25, 0.3) is 0 Å². The fraction of sp³-hybridized carbons (Fsp3) is 0.615. The lowest BCUT2D eigenvalue weighted by molar-refractivity contribution is -0.144. The van der Waals surface area contributed by atoms with Crippen molar-refractivity contribution in [2.75, 3.05) is 39.5 Å². The maximum absolute atomic E-state index is 12.4. The molecule has 0 aliphatic carbocycles. The van der Waals surface area contributed by atoms with Gasteiger partial charge in [-0.1, -0.05) is 6.07 Å². The largest absolute Gasteiger partial charge is 0.378 e. The predicted molar refractivity (Wildman–Crippen MR) is 72.2 cm³/mol. The summed E-state index contributed by atoms with van der Waals surface area (Å²) < 4.78 is 11.1. The fourth-order valence-corrected chi connectivity index (χ4v) is 3.21. The van der Waals surface area contributed by atoms with Gasteiger partial charge in [-0.25, -0.2) is 0 Å². The molecule has 0 aromatic carbocycles. The van der Waals surface area contributed by atoms with E-state index in [0.29, 0.717) is 32.9 Å². The minimum absolute atomic E-state index is 0.0159. The number of nitrogens with one attached hydrogen (secondary N) is 1. The van der Waals surface area contributed by atoms with Crippen LogP contribution < -0.4 is 5.32 Å². The average molecular weight is 282 g/mol. The van der Waals surface area contributed by atoms with Crippen molar-refractivity contribution in [1.29, 1.82) is 0 Å². The molecule has 3 rings (SSSR count). The van der Waals surface area contributed by atoms with Crippen molar-refractivity contribution in [1.82, 2.24) is 10.2 Å². The van der Waals surface area contributed by atoms with Gasteiger partial charge in [0.05, 0.1) is 26.4 Å². The number of ether oxygens (including phenoxy) is 2. The van der Waals surface area contributed by atoms with Gasteiger partial charge in [-0.15, -0.1) is 11.3 Å². The Morgan fingerprint density at radius 2 is 2.42 bits per heavy atom. The van der Waals surface area contributed by atoms with E-state index >= 15 is 0 Å². The molecule has 5 nitrogen and oxygen atoms in total. The number of thiophene rings is 1. The van der Waals surface area contributed by atoms with Crippen molar-refractivity contribution in [2.45, 2.75) is 12.1 Å². The number of morpholine rings is 2. The number of amides is 1. The molecule has 2 saturated heterocycles. The fourth-order valence-electron chi connectivity index (χ4n) is 2.44. The van der Waals surface area contributed by atoms with Gasteiger partial charge >= 0.3 is 0 Å². The van der Waals surface area contributed by atoms with Gasteiger partial charge in [-0.05, 0) is 11.4 Å². The van der Waals surface area contributed by atoms with E-state index in [1.165, 1.54) is 4.88 Å². The van der Waals surface area contributed by atoms with Crippen LogP contribution >= 0.6 is 11.3 Å². The van der Waals surface area contributed by atoms with Crippen LogP contribution in [0.3, 0.4) is 0 Å². The lowest BCUT2D eigenvalue weighted by Gasteiger charge is -2.35. The van der Waals surface area contributed by atoms with Gasteiger partial charge < -0.3 is 19.7 Å². The second kappa shape index (κ2) is 6.00. The standard InChI is InChI=1S/C13H18N2O3S/c16-13(10-9-17-5-3-14-10)15-4-6-18-11(8-15)12-2-1-7-19-12/h1-2,7,10-11,14H,3-6,8-9H2. The molecule has 0 radical (unpaired) electrons. The lowest BCUT2D eigenvalue weighted by Crippen LogP contribution is -2.55. The second-order valence-electron chi connectivity index (χ2n) is 4.74. The molecule has 104 valence electrons. The Morgan fingerprint density at radius 3 is 3.16 bits per heavy atom. The smallest absolute Gasteiger partial charge is 0.242 e. The molecule has 0 bridgehead atoms. The molecular weight excluding hydrogens is 264 g/mol. The van der Waals surface area contributed by atoms with Crippen LogP contribution in [0.1, 0.15) is 11.0 Å². The summed E-state index contributed by atoms with van der Waals surface area (Å²) in [5, 5.41) is 5.25. The molecule has 1 aromatic heterocycles. The van der Waals surface area contributed by atoms with Crippen LogP contribution in [-0.4, -0.2) is 56.3 Å². The van der Waals surface area contributed by atoms with E-state index in [2.05, 4.69) is 11.4 Å². The van der Waals surface area contributed by atoms with Gasteiger partial charge in [-0.2, -0.15) is 0 Å². The van der Waals surface area contributed by atoms with Crippen LogP contribution in [0.2, 0.25) is 0 Å². The summed E-state index contributed by atoms with van der Waals surface area (Å²) in [5.74, 6) is 0.129. The first-order chi connectivity index (χ1) is 9.34. The zero-order chi connectivity index (χ0) is 13.1. The minimum atomic E-state index is -0.198. The van der Waals surface area contributed by atoms with Gasteiger partial charge in [0.2, 0.25) is 5.91 Å². The minimum Gasteiger partial charge on any atom is -0.378 e. The first kappa shape index (κ1) is 13.1. The Morgan fingerprint density at radius 1 is 1.47 bits per heavy atom. The van der Waals surface area contributed by atoms with Crippen molar-refractivity contribution in [2.24, 2.45) is 0 Å². The zero-order valence-corrected chi connectivity index (χ0v) is 11.5. The van der Waals surface area contributed by atoms with Crippen LogP contribution in [0.4, 0.5) is 0 Å². The van der Waals surface area contributed by atoms with E-state index in [1.807, 2.05) is 16.3 Å². The molecule has 1 aromatic rings. The third-order valence-electron chi connectivity index (χ3n) is 3.46. The quantitative estimate of drug-likeness (QED) is 0.865. The second-order valence-corrected chi connectivity index (χ2v) is 5.72. The molecule has 19 heavy (non-hydrogen) atoms. The number of nitrogens with zero attached hydrogens (tertiary/aromatic N) is 1. The number of carbonyl (C=O) groups excluding carboxylic acids is 1. The highest BCUT2D eigenvalue weighted by molar-refractivity contribution is 7.10. The normalized spacial score (nSPS) is 28.3. The molecule has 0 saturated carbocycles. The zero-order valence-electron chi connectivity index (χ0n) is 10.7. The van der Waals surface area contributed by atoms with Crippen LogP contribution in [-0.2, 0) is 14.3 Å².